The van der Waals surface area contributed by atoms with E-state index in [-0.39, 0.29) is 11.3 Å². The summed E-state index contributed by atoms with van der Waals surface area (Å²) in [4.78, 5) is 28.5. The molecule has 2 heterocycles. The van der Waals surface area contributed by atoms with Gasteiger partial charge in [-0.15, -0.1) is 11.3 Å². The van der Waals surface area contributed by atoms with Crippen molar-refractivity contribution in [1.29, 1.82) is 0 Å². The Bertz CT molecular complexity index is 1130. The van der Waals surface area contributed by atoms with Gasteiger partial charge in [0, 0.05) is 20.6 Å². The monoisotopic (exact) mass is 467 g/mol. The van der Waals surface area contributed by atoms with Crippen LogP contribution in [0.15, 0.2) is 70.0 Å². The highest BCUT2D eigenvalue weighted by molar-refractivity contribution is 9.10. The summed E-state index contributed by atoms with van der Waals surface area (Å²) in [6.07, 6.45) is 0. The van der Waals surface area contributed by atoms with Crippen molar-refractivity contribution in [2.75, 3.05) is 4.90 Å². The molecule has 1 atom stereocenters. The third kappa shape index (κ3) is 3.32. The number of carbonyl (C=O) groups is 2. The van der Waals surface area contributed by atoms with Crippen molar-refractivity contribution in [2.24, 2.45) is 0 Å². The highest BCUT2D eigenvalue weighted by Crippen LogP contribution is 2.44. The highest BCUT2D eigenvalue weighted by Gasteiger charge is 2.47. The Balaban J connectivity index is 1.95. The number of anilines is 1. The molecule has 6 heteroatoms. The Morgan fingerprint density at radius 1 is 1.03 bits per heavy atom. The van der Waals surface area contributed by atoms with Crippen LogP contribution in [0.3, 0.4) is 0 Å². The van der Waals surface area contributed by atoms with Crippen LogP contribution in [-0.4, -0.2) is 16.8 Å². The molecule has 1 amide bonds. The van der Waals surface area contributed by atoms with E-state index < -0.39 is 17.7 Å². The van der Waals surface area contributed by atoms with Gasteiger partial charge in [0.1, 0.15) is 11.8 Å². The number of aliphatic hydroxyl groups excluding tert-OH is 1. The van der Waals surface area contributed by atoms with E-state index in [4.69, 9.17) is 0 Å². The number of Topliss-reactive ketones (excluding diaryl/α,β-unsaturated/α-hetero) is 1. The first-order valence-corrected chi connectivity index (χ1v) is 10.7. The number of hydrogen-bond donors (Lipinski definition) is 1. The van der Waals surface area contributed by atoms with E-state index in [0.29, 0.717) is 11.3 Å². The minimum atomic E-state index is -0.676. The molecule has 29 heavy (non-hydrogen) atoms. The molecule has 1 aliphatic heterocycles. The number of thiophene rings is 1. The van der Waals surface area contributed by atoms with E-state index in [2.05, 4.69) is 15.9 Å². The summed E-state index contributed by atoms with van der Waals surface area (Å²) in [5, 5.41) is 12.9. The average molecular weight is 468 g/mol. The molecule has 4 nitrogen and oxygen atoms in total. The highest BCUT2D eigenvalue weighted by atomic mass is 79.9. The van der Waals surface area contributed by atoms with Crippen molar-refractivity contribution in [3.05, 3.63) is 91.6 Å². The van der Waals surface area contributed by atoms with Gasteiger partial charge >= 0.3 is 0 Å². The molecule has 2 aromatic carbocycles. The van der Waals surface area contributed by atoms with Gasteiger partial charge in [0.05, 0.1) is 5.57 Å². The molecule has 0 aliphatic carbocycles. The molecule has 1 saturated heterocycles. The zero-order valence-electron chi connectivity index (χ0n) is 15.8. The van der Waals surface area contributed by atoms with E-state index >= 15 is 0 Å². The third-order valence-electron chi connectivity index (χ3n) is 5.21. The predicted octanol–water partition coefficient (Wildman–Crippen LogP) is 5.75. The number of halogens is 1. The second kappa shape index (κ2) is 7.61. The number of carbonyl (C=O) groups excluding carboxylic acids is 2. The van der Waals surface area contributed by atoms with Gasteiger partial charge in [-0.2, -0.15) is 0 Å². The first-order chi connectivity index (χ1) is 13.9. The minimum Gasteiger partial charge on any atom is -0.507 e. The van der Waals surface area contributed by atoms with E-state index in [1.54, 1.807) is 24.3 Å². The normalized spacial score (nSPS) is 18.4. The summed E-state index contributed by atoms with van der Waals surface area (Å²) in [7, 11) is 0. The number of benzene rings is 2. The lowest BCUT2D eigenvalue weighted by molar-refractivity contribution is -0.132. The van der Waals surface area contributed by atoms with Crippen LogP contribution in [0, 0.1) is 13.8 Å². The van der Waals surface area contributed by atoms with Crippen LogP contribution in [-0.2, 0) is 9.59 Å². The van der Waals surface area contributed by atoms with Gasteiger partial charge in [-0.1, -0.05) is 46.3 Å². The maximum Gasteiger partial charge on any atom is 0.300 e. The standard InChI is InChI=1S/C23H18BrNO3S/c1-13-5-3-6-17(14(13)2)25-20(18-7-4-12-29-18)19(22(27)23(25)28)21(26)15-8-10-16(24)11-9-15/h3-12,20,26H,1-2H3/b21-19-. The van der Waals surface area contributed by atoms with Gasteiger partial charge in [0.15, 0.2) is 0 Å². The Morgan fingerprint density at radius 3 is 2.41 bits per heavy atom. The first-order valence-electron chi connectivity index (χ1n) is 9.06. The van der Waals surface area contributed by atoms with Crippen LogP contribution in [0.4, 0.5) is 5.69 Å². The zero-order chi connectivity index (χ0) is 20.7. The molecular formula is C23H18BrNO3S. The van der Waals surface area contributed by atoms with Gasteiger partial charge in [-0.3, -0.25) is 14.5 Å². The number of aliphatic hydroxyl groups is 1. The first kappa shape index (κ1) is 19.6. The van der Waals surface area contributed by atoms with E-state index in [0.717, 1.165) is 20.5 Å². The Hall–Kier alpha value is -2.70. The number of rotatable bonds is 3. The molecule has 1 aliphatic rings. The van der Waals surface area contributed by atoms with E-state index in [1.807, 2.05) is 49.6 Å². The van der Waals surface area contributed by atoms with E-state index in [1.165, 1.54) is 16.2 Å². The van der Waals surface area contributed by atoms with Gasteiger partial charge in [-0.25, -0.2) is 0 Å². The minimum absolute atomic E-state index is 0.112. The number of nitrogens with zero attached hydrogens (tertiary/aromatic N) is 1. The quantitative estimate of drug-likeness (QED) is 0.302. The summed E-state index contributed by atoms with van der Waals surface area (Å²) in [6, 6.07) is 15.8. The van der Waals surface area contributed by atoms with Crippen molar-refractivity contribution in [3.63, 3.8) is 0 Å². The summed E-state index contributed by atoms with van der Waals surface area (Å²) >= 11 is 4.83. The van der Waals surface area contributed by atoms with Crippen LogP contribution in [0.5, 0.6) is 0 Å². The zero-order valence-corrected chi connectivity index (χ0v) is 18.3. The topological polar surface area (TPSA) is 57.6 Å². The van der Waals surface area contributed by atoms with Gasteiger partial charge < -0.3 is 5.11 Å². The van der Waals surface area contributed by atoms with Gasteiger partial charge in [-0.05, 0) is 54.6 Å². The number of ketones is 1. The number of hydrogen-bond acceptors (Lipinski definition) is 4. The van der Waals surface area contributed by atoms with Crippen LogP contribution < -0.4 is 4.90 Å². The summed E-state index contributed by atoms with van der Waals surface area (Å²) < 4.78 is 0.861. The van der Waals surface area contributed by atoms with Crippen LogP contribution in [0.25, 0.3) is 5.76 Å². The number of aryl methyl sites for hydroxylation is 1. The van der Waals surface area contributed by atoms with Gasteiger partial charge in [0.25, 0.3) is 11.7 Å². The fourth-order valence-corrected chi connectivity index (χ4v) is 4.64. The van der Waals surface area contributed by atoms with Gasteiger partial charge in [0.2, 0.25) is 0 Å². The second-order valence-corrected chi connectivity index (χ2v) is 8.81. The van der Waals surface area contributed by atoms with Crippen molar-refractivity contribution in [3.8, 4) is 0 Å². The summed E-state index contributed by atoms with van der Waals surface area (Å²) in [5.41, 5.74) is 3.25. The number of amides is 1. The Kier molecular flexibility index (Phi) is 5.15. The molecule has 3 aromatic rings. The molecular weight excluding hydrogens is 450 g/mol. The van der Waals surface area contributed by atoms with Crippen molar-refractivity contribution < 1.29 is 14.7 Å². The lowest BCUT2D eigenvalue weighted by Crippen LogP contribution is -2.29. The van der Waals surface area contributed by atoms with Crippen molar-refractivity contribution >= 4 is 50.4 Å². The Labute approximate surface area is 181 Å². The largest absolute Gasteiger partial charge is 0.507 e. The van der Waals surface area contributed by atoms with Crippen LogP contribution in [0.2, 0.25) is 0 Å². The second-order valence-electron chi connectivity index (χ2n) is 6.91. The third-order valence-corrected chi connectivity index (χ3v) is 6.66. The maximum absolute atomic E-state index is 13.1. The fourth-order valence-electron chi connectivity index (χ4n) is 3.56. The molecule has 0 spiro atoms. The lowest BCUT2D eigenvalue weighted by atomic mass is 9.99. The van der Waals surface area contributed by atoms with Crippen LogP contribution >= 0.6 is 27.3 Å². The SMILES string of the molecule is Cc1cccc(N2C(=O)C(=O)/C(=C(\O)c3ccc(Br)cc3)C2c2cccs2)c1C. The maximum atomic E-state index is 13.1. The molecule has 4 rings (SSSR count). The smallest absolute Gasteiger partial charge is 0.300 e. The molecule has 1 aromatic heterocycles. The van der Waals surface area contributed by atoms with Crippen LogP contribution in [0.1, 0.15) is 27.6 Å². The molecule has 0 saturated carbocycles. The molecule has 1 N–H and O–H groups in total. The lowest BCUT2D eigenvalue weighted by Gasteiger charge is -2.26. The predicted molar refractivity (Wildman–Crippen MR) is 119 cm³/mol. The molecule has 146 valence electrons. The van der Waals surface area contributed by atoms with Crippen molar-refractivity contribution in [2.45, 2.75) is 19.9 Å². The molecule has 0 radical (unpaired) electrons. The molecule has 1 fully saturated rings. The fraction of sp³-hybridized carbons (Fsp3) is 0.130. The van der Waals surface area contributed by atoms with Crippen molar-refractivity contribution in [1.82, 2.24) is 0 Å². The molecule has 0 bridgehead atoms. The molecule has 1 unspecified atom stereocenters. The van der Waals surface area contributed by atoms with E-state index in [9.17, 15) is 14.7 Å². The summed E-state index contributed by atoms with van der Waals surface area (Å²) in [5.74, 6) is -1.47. The average Bonchev–Trinajstić information content (AvgIpc) is 3.32. The Morgan fingerprint density at radius 2 is 1.76 bits per heavy atom. The summed E-state index contributed by atoms with van der Waals surface area (Å²) in [6.45, 7) is 3.90.